The molecule has 2 aromatic carbocycles. The van der Waals surface area contributed by atoms with Crippen LogP contribution in [0.25, 0.3) is 0 Å². The van der Waals surface area contributed by atoms with Crippen molar-refractivity contribution in [3.8, 4) is 6.07 Å². The molecule has 3 nitrogen and oxygen atoms in total. The predicted octanol–water partition coefficient (Wildman–Crippen LogP) is 4.37. The number of amides is 1. The monoisotopic (exact) mass is 372 g/mol. The number of anilines is 1. The molecule has 0 unspecified atom stereocenters. The first kappa shape index (κ1) is 18.7. The van der Waals surface area contributed by atoms with Gasteiger partial charge in [0.25, 0.3) is 0 Å². The van der Waals surface area contributed by atoms with Crippen LogP contribution in [0.15, 0.2) is 29.2 Å². The van der Waals surface area contributed by atoms with Crippen molar-refractivity contribution < 1.29 is 26.7 Å². The van der Waals surface area contributed by atoms with Crippen LogP contribution in [-0.4, -0.2) is 11.2 Å². The molecule has 1 amide bonds. The van der Waals surface area contributed by atoms with Gasteiger partial charge in [-0.1, -0.05) is 6.07 Å². The third kappa shape index (κ3) is 3.91. The zero-order valence-corrected chi connectivity index (χ0v) is 13.4. The normalized spacial score (nSPS) is 11.7. The molecule has 1 N–H and O–H groups in total. The van der Waals surface area contributed by atoms with Crippen LogP contribution in [0.4, 0.5) is 27.6 Å². The molecule has 0 spiro atoms. The zero-order valence-electron chi connectivity index (χ0n) is 12.5. The molecule has 130 valence electrons. The van der Waals surface area contributed by atoms with Crippen LogP contribution in [0, 0.1) is 40.4 Å². The highest BCUT2D eigenvalue weighted by Gasteiger charge is 2.28. The van der Waals surface area contributed by atoms with Crippen LogP contribution in [0.3, 0.4) is 0 Å². The smallest absolute Gasteiger partial charge is 0.237 e. The SMILES string of the molecule is C[C@@H](Sc1c(F)c(F)c(F)c(F)c1F)C(=O)Nc1cccc(C#N)c1. The van der Waals surface area contributed by atoms with E-state index in [0.29, 0.717) is 0 Å². The van der Waals surface area contributed by atoms with E-state index in [2.05, 4.69) is 5.32 Å². The summed E-state index contributed by atoms with van der Waals surface area (Å²) in [5, 5.41) is 10.0. The third-order valence-electron chi connectivity index (χ3n) is 3.09. The van der Waals surface area contributed by atoms with Crippen molar-refractivity contribution in [1.82, 2.24) is 0 Å². The first-order valence-corrected chi connectivity index (χ1v) is 7.63. The topological polar surface area (TPSA) is 52.9 Å². The second kappa shape index (κ2) is 7.53. The molecule has 0 fully saturated rings. The molecule has 0 bridgehead atoms. The minimum Gasteiger partial charge on any atom is -0.325 e. The van der Waals surface area contributed by atoms with Crippen LogP contribution in [-0.2, 0) is 4.79 Å². The van der Waals surface area contributed by atoms with Gasteiger partial charge >= 0.3 is 0 Å². The van der Waals surface area contributed by atoms with E-state index in [1.807, 2.05) is 6.07 Å². The molecule has 0 heterocycles. The Hall–Kier alpha value is -2.60. The molecule has 25 heavy (non-hydrogen) atoms. The van der Waals surface area contributed by atoms with Crippen LogP contribution >= 0.6 is 11.8 Å². The van der Waals surface area contributed by atoms with Crippen molar-refractivity contribution >= 4 is 23.4 Å². The van der Waals surface area contributed by atoms with Gasteiger partial charge < -0.3 is 5.32 Å². The van der Waals surface area contributed by atoms with E-state index in [9.17, 15) is 26.7 Å². The molecule has 2 rings (SSSR count). The summed E-state index contributed by atoms with van der Waals surface area (Å²) in [6.45, 7) is 1.24. The molecule has 0 aliphatic rings. The standard InChI is InChI=1S/C16H9F5N2OS/c1-7(16(24)23-9-4-2-3-8(5-9)6-22)25-15-13(20)11(18)10(17)12(19)14(15)21/h2-5,7H,1H3,(H,23,24)/t7-/m1/s1. The van der Waals surface area contributed by atoms with Crippen molar-refractivity contribution in [2.45, 2.75) is 17.1 Å². The summed E-state index contributed by atoms with van der Waals surface area (Å²) in [7, 11) is 0. The van der Waals surface area contributed by atoms with Crippen molar-refractivity contribution in [3.63, 3.8) is 0 Å². The number of hydrogen-bond acceptors (Lipinski definition) is 3. The molecule has 1 atom stereocenters. The van der Waals surface area contributed by atoms with E-state index < -0.39 is 45.1 Å². The summed E-state index contributed by atoms with van der Waals surface area (Å²) >= 11 is 0.197. The quantitative estimate of drug-likeness (QED) is 0.375. The summed E-state index contributed by atoms with van der Waals surface area (Å²) in [5.41, 5.74) is 0.534. The molecule has 9 heteroatoms. The fraction of sp³-hybridized carbons (Fsp3) is 0.125. The molecule has 0 aromatic heterocycles. The molecule has 0 radical (unpaired) electrons. The van der Waals surface area contributed by atoms with Gasteiger partial charge in [-0.3, -0.25) is 4.79 Å². The van der Waals surface area contributed by atoms with E-state index in [1.54, 1.807) is 0 Å². The van der Waals surface area contributed by atoms with E-state index in [1.165, 1.54) is 31.2 Å². The lowest BCUT2D eigenvalue weighted by molar-refractivity contribution is -0.115. The lowest BCUT2D eigenvalue weighted by Crippen LogP contribution is -2.23. The maximum absolute atomic E-state index is 13.6. The van der Waals surface area contributed by atoms with E-state index in [4.69, 9.17) is 5.26 Å². The molecule has 2 aromatic rings. The second-order valence-electron chi connectivity index (χ2n) is 4.84. The van der Waals surface area contributed by atoms with Gasteiger partial charge in [0.05, 0.1) is 21.8 Å². The molecule has 0 aliphatic heterocycles. The van der Waals surface area contributed by atoms with Crippen molar-refractivity contribution in [2.75, 3.05) is 5.32 Å². The lowest BCUT2D eigenvalue weighted by atomic mass is 10.2. The van der Waals surface area contributed by atoms with Crippen LogP contribution in [0.1, 0.15) is 12.5 Å². The number of hydrogen-bond donors (Lipinski definition) is 1. The van der Waals surface area contributed by atoms with Gasteiger partial charge in [-0.2, -0.15) is 5.26 Å². The Bertz CT molecular complexity index is 853. The van der Waals surface area contributed by atoms with Crippen LogP contribution in [0.5, 0.6) is 0 Å². The third-order valence-corrected chi connectivity index (χ3v) is 4.25. The highest BCUT2D eigenvalue weighted by Crippen LogP contribution is 2.33. The first-order valence-electron chi connectivity index (χ1n) is 6.75. The maximum atomic E-state index is 13.6. The average molecular weight is 372 g/mol. The highest BCUT2D eigenvalue weighted by atomic mass is 32.2. The summed E-state index contributed by atoms with van der Waals surface area (Å²) in [6, 6.07) is 7.73. The van der Waals surface area contributed by atoms with Crippen LogP contribution < -0.4 is 5.32 Å². The summed E-state index contributed by atoms with van der Waals surface area (Å²) < 4.78 is 66.7. The predicted molar refractivity (Wildman–Crippen MR) is 81.3 cm³/mol. The fourth-order valence-corrected chi connectivity index (χ4v) is 2.73. The zero-order chi connectivity index (χ0) is 18.7. The van der Waals surface area contributed by atoms with Gasteiger partial charge in [0.1, 0.15) is 0 Å². The van der Waals surface area contributed by atoms with Crippen molar-refractivity contribution in [3.05, 3.63) is 58.9 Å². The Balaban J connectivity index is 2.21. The Labute approximate surface area is 143 Å². The minimum atomic E-state index is -2.26. The summed E-state index contributed by atoms with van der Waals surface area (Å²) in [6.07, 6.45) is 0. The molecule has 0 aliphatic carbocycles. The minimum absolute atomic E-state index is 0.197. The maximum Gasteiger partial charge on any atom is 0.237 e. The highest BCUT2D eigenvalue weighted by molar-refractivity contribution is 8.00. The van der Waals surface area contributed by atoms with E-state index >= 15 is 0 Å². The Morgan fingerprint density at radius 3 is 2.20 bits per heavy atom. The number of thioether (sulfide) groups is 1. The molecule has 0 saturated heterocycles. The van der Waals surface area contributed by atoms with Gasteiger partial charge in [-0.15, -0.1) is 11.8 Å². The number of nitrogens with one attached hydrogen (secondary N) is 1. The Kier molecular flexibility index (Phi) is 5.64. The van der Waals surface area contributed by atoms with Crippen LogP contribution in [0.2, 0.25) is 0 Å². The number of benzene rings is 2. The summed E-state index contributed by atoms with van der Waals surface area (Å²) in [5.74, 6) is -11.1. The second-order valence-corrected chi connectivity index (χ2v) is 6.19. The Morgan fingerprint density at radius 2 is 1.64 bits per heavy atom. The van der Waals surface area contributed by atoms with Gasteiger partial charge in [0.15, 0.2) is 23.3 Å². The van der Waals surface area contributed by atoms with Gasteiger partial charge in [-0.25, -0.2) is 22.0 Å². The van der Waals surface area contributed by atoms with Gasteiger partial charge in [-0.05, 0) is 25.1 Å². The molecular formula is C16H9F5N2OS. The van der Waals surface area contributed by atoms with E-state index in [0.717, 1.165) is 0 Å². The van der Waals surface area contributed by atoms with Gasteiger partial charge in [0, 0.05) is 5.69 Å². The average Bonchev–Trinajstić information content (AvgIpc) is 2.61. The largest absolute Gasteiger partial charge is 0.325 e. The van der Waals surface area contributed by atoms with E-state index in [-0.39, 0.29) is 23.0 Å². The fourth-order valence-electron chi connectivity index (χ4n) is 1.83. The summed E-state index contributed by atoms with van der Waals surface area (Å²) in [4.78, 5) is 10.9. The van der Waals surface area contributed by atoms with Gasteiger partial charge in [0.2, 0.25) is 11.7 Å². The molecular weight excluding hydrogens is 363 g/mol. The Morgan fingerprint density at radius 1 is 1.08 bits per heavy atom. The lowest BCUT2D eigenvalue weighted by Gasteiger charge is -2.14. The molecule has 0 saturated carbocycles. The van der Waals surface area contributed by atoms with Crippen molar-refractivity contribution in [1.29, 1.82) is 5.26 Å². The number of nitrogens with zero attached hydrogens (tertiary/aromatic N) is 1. The number of halogens is 5. The first-order chi connectivity index (χ1) is 11.8. The number of nitriles is 1. The number of carbonyl (C=O) groups excluding carboxylic acids is 1. The number of carbonyl (C=O) groups is 1. The van der Waals surface area contributed by atoms with Crippen molar-refractivity contribution in [2.24, 2.45) is 0 Å². The number of rotatable bonds is 4.